The highest BCUT2D eigenvalue weighted by Crippen LogP contribution is 2.21. The molecule has 0 radical (unpaired) electrons. The molecule has 0 aliphatic carbocycles. The van der Waals surface area contributed by atoms with Gasteiger partial charge in [-0.3, -0.25) is 4.98 Å². The second-order valence-corrected chi connectivity index (χ2v) is 5.52. The third-order valence-electron chi connectivity index (χ3n) is 2.81. The van der Waals surface area contributed by atoms with Crippen molar-refractivity contribution in [2.75, 3.05) is 6.54 Å². The summed E-state index contributed by atoms with van der Waals surface area (Å²) in [5.74, 6) is 0.961. The molecule has 19 heavy (non-hydrogen) atoms. The molecule has 1 aromatic heterocycles. The zero-order valence-electron chi connectivity index (χ0n) is 11.5. The van der Waals surface area contributed by atoms with Crippen LogP contribution >= 0.6 is 11.3 Å². The topological polar surface area (TPSA) is 34.1 Å². The first-order chi connectivity index (χ1) is 9.29. The van der Waals surface area contributed by atoms with Crippen LogP contribution in [0, 0.1) is 6.92 Å². The molecule has 0 bridgehead atoms. The molecule has 0 fully saturated rings. The fraction of sp³-hybridized carbons (Fsp3) is 0.400. The fourth-order valence-electron chi connectivity index (χ4n) is 1.85. The number of aryl methyl sites for hydroxylation is 1. The number of hydrogen-bond acceptors (Lipinski definition) is 4. The Balaban J connectivity index is 2.01. The molecule has 1 heterocycles. The number of benzene rings is 1. The summed E-state index contributed by atoms with van der Waals surface area (Å²) < 4.78 is 5.90. The van der Waals surface area contributed by atoms with E-state index in [1.807, 2.05) is 11.7 Å². The second kappa shape index (κ2) is 7.26. The normalized spacial score (nSPS) is 10.6. The second-order valence-electron chi connectivity index (χ2n) is 4.54. The summed E-state index contributed by atoms with van der Waals surface area (Å²) in [6.07, 6.45) is 3.00. The van der Waals surface area contributed by atoms with Crippen molar-refractivity contribution in [1.82, 2.24) is 10.3 Å². The first kappa shape index (κ1) is 14.0. The molecule has 0 aliphatic rings. The Labute approximate surface area is 118 Å². The molecule has 0 amide bonds. The van der Waals surface area contributed by atoms with Crippen molar-refractivity contribution in [3.8, 4) is 5.75 Å². The van der Waals surface area contributed by atoms with E-state index in [0.717, 1.165) is 30.1 Å². The van der Waals surface area contributed by atoms with Crippen molar-refractivity contribution in [2.24, 2.45) is 0 Å². The largest absolute Gasteiger partial charge is 0.488 e. The van der Waals surface area contributed by atoms with Crippen LogP contribution in [0.3, 0.4) is 0 Å². The Morgan fingerprint density at radius 1 is 1.37 bits per heavy atom. The Bertz CT molecular complexity index is 497. The maximum atomic E-state index is 5.90. The smallest absolute Gasteiger partial charge is 0.124 e. The highest BCUT2D eigenvalue weighted by Gasteiger charge is 2.05. The minimum Gasteiger partial charge on any atom is -0.488 e. The van der Waals surface area contributed by atoms with Gasteiger partial charge in [0.25, 0.3) is 0 Å². The van der Waals surface area contributed by atoms with Crippen molar-refractivity contribution in [1.29, 1.82) is 0 Å². The summed E-state index contributed by atoms with van der Waals surface area (Å²) >= 11 is 1.62. The van der Waals surface area contributed by atoms with Gasteiger partial charge in [-0.15, -0.1) is 11.3 Å². The minimum atomic E-state index is 0.592. The molecule has 0 saturated carbocycles. The van der Waals surface area contributed by atoms with Gasteiger partial charge in [-0.05, 0) is 26.0 Å². The van der Waals surface area contributed by atoms with E-state index >= 15 is 0 Å². The molecule has 2 rings (SSSR count). The van der Waals surface area contributed by atoms with Crippen molar-refractivity contribution in [3.05, 3.63) is 45.9 Å². The summed E-state index contributed by atoms with van der Waals surface area (Å²) in [4.78, 5) is 5.20. The quantitative estimate of drug-likeness (QED) is 0.786. The van der Waals surface area contributed by atoms with Crippen molar-refractivity contribution in [3.63, 3.8) is 0 Å². The van der Waals surface area contributed by atoms with E-state index in [-0.39, 0.29) is 0 Å². The van der Waals surface area contributed by atoms with Gasteiger partial charge in [0.05, 0.1) is 10.4 Å². The average molecular weight is 276 g/mol. The van der Waals surface area contributed by atoms with Gasteiger partial charge in [0.15, 0.2) is 0 Å². The Morgan fingerprint density at radius 3 is 3.00 bits per heavy atom. The third kappa shape index (κ3) is 4.33. The standard InChI is InChI=1S/C15H20N2OS/c1-3-6-16-8-13-7-12(2)4-5-15(13)18-10-14-9-17-11-19-14/h4-5,7,9,11,16H,3,6,8,10H2,1-2H3. The number of rotatable bonds is 7. The molecule has 0 spiro atoms. The molecule has 1 N–H and O–H groups in total. The monoisotopic (exact) mass is 276 g/mol. The molecule has 102 valence electrons. The number of nitrogens with zero attached hydrogens (tertiary/aromatic N) is 1. The Morgan fingerprint density at radius 2 is 2.26 bits per heavy atom. The number of aromatic nitrogens is 1. The number of ether oxygens (including phenoxy) is 1. The van der Waals surface area contributed by atoms with Gasteiger partial charge in [0.1, 0.15) is 12.4 Å². The van der Waals surface area contributed by atoms with Crippen LogP contribution in [0.2, 0.25) is 0 Å². The summed E-state index contributed by atoms with van der Waals surface area (Å²) in [5.41, 5.74) is 4.31. The van der Waals surface area contributed by atoms with Crippen LogP contribution in [0.4, 0.5) is 0 Å². The van der Waals surface area contributed by atoms with E-state index in [2.05, 4.69) is 42.3 Å². The van der Waals surface area contributed by atoms with Crippen LogP contribution < -0.4 is 10.1 Å². The van der Waals surface area contributed by atoms with E-state index < -0.39 is 0 Å². The van der Waals surface area contributed by atoms with Crippen LogP contribution in [-0.4, -0.2) is 11.5 Å². The minimum absolute atomic E-state index is 0.592. The molecule has 2 aromatic rings. The Kier molecular flexibility index (Phi) is 5.36. The first-order valence-corrected chi connectivity index (χ1v) is 7.48. The predicted molar refractivity (Wildman–Crippen MR) is 79.6 cm³/mol. The summed E-state index contributed by atoms with van der Waals surface area (Å²) in [7, 11) is 0. The molecule has 3 nitrogen and oxygen atoms in total. The van der Waals surface area contributed by atoms with Gasteiger partial charge in [0, 0.05) is 18.3 Å². The van der Waals surface area contributed by atoms with Gasteiger partial charge in [-0.25, -0.2) is 0 Å². The SMILES string of the molecule is CCCNCc1cc(C)ccc1OCc1cncs1. The predicted octanol–water partition coefficient (Wildman–Crippen LogP) is 3.53. The van der Waals surface area contributed by atoms with E-state index in [1.165, 1.54) is 11.1 Å². The highest BCUT2D eigenvalue weighted by atomic mass is 32.1. The summed E-state index contributed by atoms with van der Waals surface area (Å²) in [6, 6.07) is 6.33. The van der Waals surface area contributed by atoms with Crippen LogP contribution in [0.15, 0.2) is 29.9 Å². The molecular weight excluding hydrogens is 256 g/mol. The van der Waals surface area contributed by atoms with Crippen LogP contribution in [-0.2, 0) is 13.2 Å². The van der Waals surface area contributed by atoms with Crippen molar-refractivity contribution >= 4 is 11.3 Å². The van der Waals surface area contributed by atoms with Gasteiger partial charge in [-0.2, -0.15) is 0 Å². The zero-order chi connectivity index (χ0) is 13.5. The lowest BCUT2D eigenvalue weighted by atomic mass is 10.1. The van der Waals surface area contributed by atoms with Gasteiger partial charge in [-0.1, -0.05) is 24.6 Å². The highest BCUT2D eigenvalue weighted by molar-refractivity contribution is 7.09. The van der Waals surface area contributed by atoms with E-state index in [4.69, 9.17) is 4.74 Å². The van der Waals surface area contributed by atoms with E-state index in [0.29, 0.717) is 6.61 Å². The van der Waals surface area contributed by atoms with Crippen LogP contribution in [0.5, 0.6) is 5.75 Å². The molecule has 4 heteroatoms. The summed E-state index contributed by atoms with van der Waals surface area (Å²) in [5, 5.41) is 3.42. The Hall–Kier alpha value is -1.39. The molecule has 0 saturated heterocycles. The van der Waals surface area contributed by atoms with Crippen LogP contribution in [0.1, 0.15) is 29.3 Å². The lowest BCUT2D eigenvalue weighted by Crippen LogP contribution is -2.14. The molecule has 0 aliphatic heterocycles. The zero-order valence-corrected chi connectivity index (χ0v) is 12.3. The van der Waals surface area contributed by atoms with E-state index in [1.54, 1.807) is 11.3 Å². The fourth-order valence-corrected chi connectivity index (χ4v) is 2.36. The van der Waals surface area contributed by atoms with Crippen molar-refractivity contribution in [2.45, 2.75) is 33.4 Å². The lowest BCUT2D eigenvalue weighted by molar-refractivity contribution is 0.305. The number of hydrogen-bond donors (Lipinski definition) is 1. The molecule has 0 unspecified atom stereocenters. The molecule has 0 atom stereocenters. The summed E-state index contributed by atoms with van der Waals surface area (Å²) in [6.45, 7) is 6.75. The average Bonchev–Trinajstić information content (AvgIpc) is 2.91. The first-order valence-electron chi connectivity index (χ1n) is 6.60. The van der Waals surface area contributed by atoms with E-state index in [9.17, 15) is 0 Å². The van der Waals surface area contributed by atoms with Gasteiger partial charge >= 0.3 is 0 Å². The number of thiazole rings is 1. The van der Waals surface area contributed by atoms with Crippen LogP contribution in [0.25, 0.3) is 0 Å². The van der Waals surface area contributed by atoms with Gasteiger partial charge in [0.2, 0.25) is 0 Å². The lowest BCUT2D eigenvalue weighted by Gasteiger charge is -2.12. The maximum absolute atomic E-state index is 5.90. The molecule has 1 aromatic carbocycles. The number of nitrogens with one attached hydrogen (secondary N) is 1. The maximum Gasteiger partial charge on any atom is 0.124 e. The van der Waals surface area contributed by atoms with Crippen molar-refractivity contribution < 1.29 is 4.74 Å². The third-order valence-corrected chi connectivity index (χ3v) is 3.56. The van der Waals surface area contributed by atoms with Gasteiger partial charge < -0.3 is 10.1 Å². The molecular formula is C15H20N2OS.